The van der Waals surface area contributed by atoms with Crippen LogP contribution in [0.3, 0.4) is 0 Å². The van der Waals surface area contributed by atoms with Gasteiger partial charge in [-0.15, -0.1) is 0 Å². The Labute approximate surface area is 165 Å². The van der Waals surface area contributed by atoms with Crippen LogP contribution >= 0.6 is 0 Å². The number of carbonyl (C=O) groups is 2. The minimum absolute atomic E-state index is 0.0150. The first kappa shape index (κ1) is 21.7. The SMILES string of the molecule is C=C(CCC)C(=O)NC(=O)/C(=C/C1C=CC(C)=CC1)C1=C(F)CC(C)(F)C=C1. The van der Waals surface area contributed by atoms with E-state index >= 15 is 0 Å². The smallest absolute Gasteiger partial charge is 0.258 e. The van der Waals surface area contributed by atoms with Gasteiger partial charge in [0.25, 0.3) is 11.8 Å². The van der Waals surface area contributed by atoms with Crippen LogP contribution in [0.5, 0.6) is 0 Å². The molecule has 0 radical (unpaired) electrons. The molecular formula is C23H27F2NO2. The van der Waals surface area contributed by atoms with Crippen molar-refractivity contribution in [2.75, 3.05) is 0 Å². The number of hydrogen-bond donors (Lipinski definition) is 1. The largest absolute Gasteiger partial charge is 0.288 e. The minimum atomic E-state index is -1.80. The predicted octanol–water partition coefficient (Wildman–Crippen LogP) is 5.35. The van der Waals surface area contributed by atoms with Crippen LogP contribution < -0.4 is 5.32 Å². The number of amides is 2. The molecular weight excluding hydrogens is 360 g/mol. The highest BCUT2D eigenvalue weighted by molar-refractivity contribution is 6.11. The van der Waals surface area contributed by atoms with Crippen molar-refractivity contribution >= 4 is 11.8 Å². The molecule has 2 aliphatic rings. The molecule has 1 N–H and O–H groups in total. The van der Waals surface area contributed by atoms with Crippen LogP contribution in [0.15, 0.2) is 71.2 Å². The molecule has 0 heterocycles. The maximum Gasteiger partial charge on any atom is 0.258 e. The van der Waals surface area contributed by atoms with Gasteiger partial charge < -0.3 is 0 Å². The molecule has 5 heteroatoms. The summed E-state index contributed by atoms with van der Waals surface area (Å²) in [4.78, 5) is 25.0. The van der Waals surface area contributed by atoms with Crippen molar-refractivity contribution < 1.29 is 18.4 Å². The highest BCUT2D eigenvalue weighted by Gasteiger charge is 2.30. The number of nitrogens with one attached hydrogen (secondary N) is 1. The van der Waals surface area contributed by atoms with Gasteiger partial charge in [-0.05, 0) is 38.7 Å². The fraction of sp³-hybridized carbons (Fsp3) is 0.391. The topological polar surface area (TPSA) is 46.2 Å². The summed E-state index contributed by atoms with van der Waals surface area (Å²) in [6.07, 6.45) is 11.4. The molecule has 2 atom stereocenters. The monoisotopic (exact) mass is 387 g/mol. The van der Waals surface area contributed by atoms with Crippen LogP contribution in [-0.4, -0.2) is 17.5 Å². The lowest BCUT2D eigenvalue weighted by Crippen LogP contribution is -2.33. The second kappa shape index (κ2) is 9.09. The van der Waals surface area contributed by atoms with Gasteiger partial charge in [0.1, 0.15) is 11.5 Å². The molecule has 3 nitrogen and oxygen atoms in total. The number of halogens is 2. The van der Waals surface area contributed by atoms with E-state index in [4.69, 9.17) is 0 Å². The lowest BCUT2D eigenvalue weighted by Gasteiger charge is -2.22. The standard InChI is InChI=1S/C23H27F2NO2/c1-5-6-16(3)21(27)26-22(28)19(13-17-9-7-15(2)8-10-17)18-11-12-23(4,25)14-20(18)24/h7-9,11-13,17H,3,5-6,10,14H2,1-2,4H3,(H,26,27,28)/b19-13+. The summed E-state index contributed by atoms with van der Waals surface area (Å²) in [7, 11) is 0. The third-order valence-electron chi connectivity index (χ3n) is 4.72. The molecule has 2 rings (SSSR count). The maximum atomic E-state index is 14.6. The number of carbonyl (C=O) groups excluding carboxylic acids is 2. The third kappa shape index (κ3) is 5.72. The van der Waals surface area contributed by atoms with Crippen molar-refractivity contribution in [1.29, 1.82) is 0 Å². The van der Waals surface area contributed by atoms with Gasteiger partial charge >= 0.3 is 0 Å². The van der Waals surface area contributed by atoms with Crippen molar-refractivity contribution in [2.45, 2.75) is 52.1 Å². The molecule has 0 saturated carbocycles. The summed E-state index contributed by atoms with van der Waals surface area (Å²) in [6, 6.07) is 0. The zero-order chi connectivity index (χ0) is 20.9. The lowest BCUT2D eigenvalue weighted by atomic mass is 9.87. The molecule has 2 aliphatic carbocycles. The third-order valence-corrected chi connectivity index (χ3v) is 4.72. The van der Waals surface area contributed by atoms with Crippen molar-refractivity contribution in [3.8, 4) is 0 Å². The van der Waals surface area contributed by atoms with E-state index in [1.807, 2.05) is 32.1 Å². The Bertz CT molecular complexity index is 826. The zero-order valence-electron chi connectivity index (χ0n) is 16.6. The molecule has 150 valence electrons. The lowest BCUT2D eigenvalue weighted by molar-refractivity contribution is -0.126. The van der Waals surface area contributed by atoms with E-state index in [-0.39, 0.29) is 22.6 Å². The summed E-state index contributed by atoms with van der Waals surface area (Å²) in [5.74, 6) is -2.12. The fourth-order valence-corrected chi connectivity index (χ4v) is 3.08. The predicted molar refractivity (Wildman–Crippen MR) is 108 cm³/mol. The van der Waals surface area contributed by atoms with Crippen molar-refractivity contribution in [2.24, 2.45) is 5.92 Å². The van der Waals surface area contributed by atoms with Crippen LogP contribution in [0.2, 0.25) is 0 Å². The van der Waals surface area contributed by atoms with Gasteiger partial charge in [0.2, 0.25) is 0 Å². The van der Waals surface area contributed by atoms with E-state index < -0.39 is 29.7 Å². The molecule has 0 aromatic rings. The number of hydrogen-bond acceptors (Lipinski definition) is 2. The van der Waals surface area contributed by atoms with Crippen LogP contribution in [0.4, 0.5) is 8.78 Å². The molecule has 0 bridgehead atoms. The number of imide groups is 1. The Hall–Kier alpha value is -2.56. The number of allylic oxidation sites excluding steroid dienone is 8. The van der Waals surface area contributed by atoms with Gasteiger partial charge in [-0.3, -0.25) is 14.9 Å². The number of rotatable bonds is 6. The summed E-state index contributed by atoms with van der Waals surface area (Å²) >= 11 is 0. The first-order valence-electron chi connectivity index (χ1n) is 9.50. The maximum absolute atomic E-state index is 14.6. The van der Waals surface area contributed by atoms with Crippen molar-refractivity contribution in [1.82, 2.24) is 5.32 Å². The molecule has 0 aliphatic heterocycles. The summed E-state index contributed by atoms with van der Waals surface area (Å²) in [6.45, 7) is 8.82. The van der Waals surface area contributed by atoms with Gasteiger partial charge in [-0.1, -0.05) is 55.9 Å². The minimum Gasteiger partial charge on any atom is -0.288 e. The fourth-order valence-electron chi connectivity index (χ4n) is 3.08. The van der Waals surface area contributed by atoms with Crippen LogP contribution in [0, 0.1) is 5.92 Å². The first-order chi connectivity index (χ1) is 13.1. The van der Waals surface area contributed by atoms with E-state index in [2.05, 4.69) is 11.9 Å². The Morgan fingerprint density at radius 3 is 2.64 bits per heavy atom. The molecule has 2 unspecified atom stereocenters. The van der Waals surface area contributed by atoms with E-state index in [9.17, 15) is 18.4 Å². The van der Waals surface area contributed by atoms with Crippen LogP contribution in [0.1, 0.15) is 46.5 Å². The quantitative estimate of drug-likeness (QED) is 0.625. The van der Waals surface area contributed by atoms with Gasteiger partial charge in [-0.25, -0.2) is 8.78 Å². The van der Waals surface area contributed by atoms with Crippen LogP contribution in [0.25, 0.3) is 0 Å². The summed E-state index contributed by atoms with van der Waals surface area (Å²) in [5.41, 5.74) is -0.356. The Morgan fingerprint density at radius 2 is 2.07 bits per heavy atom. The first-order valence-corrected chi connectivity index (χ1v) is 9.50. The zero-order valence-corrected chi connectivity index (χ0v) is 16.6. The van der Waals surface area contributed by atoms with E-state index in [0.29, 0.717) is 12.8 Å². The molecule has 0 spiro atoms. The van der Waals surface area contributed by atoms with Gasteiger partial charge in [0, 0.05) is 23.1 Å². The van der Waals surface area contributed by atoms with Crippen molar-refractivity contribution in [3.05, 3.63) is 71.2 Å². The molecule has 0 aromatic heterocycles. The summed E-state index contributed by atoms with van der Waals surface area (Å²) in [5, 5.41) is 2.29. The normalized spacial score (nSPS) is 24.8. The Kier molecular flexibility index (Phi) is 7.05. The molecule has 0 aromatic carbocycles. The molecule has 2 amide bonds. The molecule has 0 fully saturated rings. The van der Waals surface area contributed by atoms with E-state index in [1.165, 1.54) is 19.1 Å². The Morgan fingerprint density at radius 1 is 1.36 bits per heavy atom. The second-order valence-electron chi connectivity index (χ2n) is 7.53. The molecule has 0 saturated heterocycles. The van der Waals surface area contributed by atoms with Crippen molar-refractivity contribution in [3.63, 3.8) is 0 Å². The number of alkyl halides is 1. The highest BCUT2D eigenvalue weighted by Crippen LogP contribution is 2.34. The Balaban J connectivity index is 2.33. The molecule has 28 heavy (non-hydrogen) atoms. The van der Waals surface area contributed by atoms with Crippen LogP contribution in [-0.2, 0) is 9.59 Å². The van der Waals surface area contributed by atoms with E-state index in [0.717, 1.165) is 12.0 Å². The van der Waals surface area contributed by atoms with E-state index in [1.54, 1.807) is 6.08 Å². The van der Waals surface area contributed by atoms with Gasteiger partial charge in [0.05, 0.1) is 0 Å². The second-order valence-corrected chi connectivity index (χ2v) is 7.53. The highest BCUT2D eigenvalue weighted by atomic mass is 19.1. The average Bonchev–Trinajstić information content (AvgIpc) is 2.61. The average molecular weight is 387 g/mol. The van der Waals surface area contributed by atoms with Gasteiger partial charge in [0.15, 0.2) is 0 Å². The summed E-state index contributed by atoms with van der Waals surface area (Å²) < 4.78 is 28.7. The van der Waals surface area contributed by atoms with Gasteiger partial charge in [-0.2, -0.15) is 0 Å².